The average molecular weight is 357 g/mol. The lowest BCUT2D eigenvalue weighted by Gasteiger charge is -2.35. The van der Waals surface area contributed by atoms with Crippen molar-refractivity contribution >= 4 is 28.7 Å². The van der Waals surface area contributed by atoms with Crippen LogP contribution in [0.4, 0.5) is 0 Å². The molecular weight excluding hydrogens is 337 g/mol. The Balaban J connectivity index is 1.80. The zero-order chi connectivity index (χ0) is 13.0. The molecule has 0 unspecified atom stereocenters. The van der Waals surface area contributed by atoms with Crippen LogP contribution in [-0.2, 0) is 0 Å². The van der Waals surface area contributed by atoms with Gasteiger partial charge in [0.25, 0.3) is 0 Å². The van der Waals surface area contributed by atoms with E-state index in [1.165, 1.54) is 9.13 Å². The zero-order valence-electron chi connectivity index (χ0n) is 10.8. The summed E-state index contributed by atoms with van der Waals surface area (Å²) in [5, 5.41) is 9.88. The number of rotatable bonds is 3. The third kappa shape index (κ3) is 4.37. The highest BCUT2D eigenvalue weighted by Gasteiger charge is 2.26. The number of hydrogen-bond acceptors (Lipinski definition) is 2. The minimum absolute atomic E-state index is 0.448. The zero-order valence-corrected chi connectivity index (χ0v) is 12.9. The second kappa shape index (κ2) is 6.17. The van der Waals surface area contributed by atoms with Crippen molar-refractivity contribution in [3.05, 3.63) is 39.5 Å². The molecule has 0 saturated carbocycles. The van der Waals surface area contributed by atoms with Crippen LogP contribution in [0.15, 0.2) is 30.3 Å². The van der Waals surface area contributed by atoms with Gasteiger partial charge in [0.1, 0.15) is 0 Å². The summed E-state index contributed by atoms with van der Waals surface area (Å²) in [6, 6.07) is 8.52. The van der Waals surface area contributed by atoms with Crippen LogP contribution in [0, 0.1) is 3.57 Å². The highest BCUT2D eigenvalue weighted by Crippen LogP contribution is 2.20. The predicted octanol–water partition coefficient (Wildman–Crippen LogP) is 3.15. The van der Waals surface area contributed by atoms with Crippen LogP contribution >= 0.6 is 22.6 Å². The summed E-state index contributed by atoms with van der Waals surface area (Å²) in [7, 11) is 0. The fourth-order valence-electron chi connectivity index (χ4n) is 2.13. The average Bonchev–Trinajstić information content (AvgIpc) is 2.34. The molecule has 0 spiro atoms. The van der Waals surface area contributed by atoms with Crippen LogP contribution in [-0.4, -0.2) is 35.2 Å². The molecular formula is C15H20INO. The van der Waals surface area contributed by atoms with E-state index >= 15 is 0 Å². The van der Waals surface area contributed by atoms with Gasteiger partial charge in [-0.25, -0.2) is 0 Å². The van der Waals surface area contributed by atoms with Gasteiger partial charge in [0.15, 0.2) is 0 Å². The van der Waals surface area contributed by atoms with E-state index in [1.807, 2.05) is 6.92 Å². The lowest BCUT2D eigenvalue weighted by molar-refractivity contribution is -0.00241. The molecule has 0 amide bonds. The van der Waals surface area contributed by atoms with Crippen LogP contribution in [0.5, 0.6) is 0 Å². The van der Waals surface area contributed by atoms with Gasteiger partial charge in [-0.2, -0.15) is 0 Å². The lowest BCUT2D eigenvalue weighted by atomic mass is 9.94. The van der Waals surface area contributed by atoms with Crippen LogP contribution in [0.1, 0.15) is 25.3 Å². The summed E-state index contributed by atoms with van der Waals surface area (Å²) in [6.45, 7) is 4.89. The largest absolute Gasteiger partial charge is 0.390 e. The second-order valence-corrected chi connectivity index (χ2v) is 6.50. The lowest BCUT2D eigenvalue weighted by Crippen LogP contribution is -2.42. The van der Waals surface area contributed by atoms with Gasteiger partial charge in [-0.05, 0) is 60.1 Å². The molecule has 1 heterocycles. The SMILES string of the molecule is CC1(O)CCN(CC=Cc2ccc(I)cc2)CC1. The van der Waals surface area contributed by atoms with Crippen molar-refractivity contribution in [1.82, 2.24) is 4.90 Å². The molecule has 0 aromatic heterocycles. The topological polar surface area (TPSA) is 23.5 Å². The summed E-state index contributed by atoms with van der Waals surface area (Å²) in [4.78, 5) is 2.39. The first kappa shape index (κ1) is 14.0. The van der Waals surface area contributed by atoms with Gasteiger partial charge in [-0.15, -0.1) is 0 Å². The quantitative estimate of drug-likeness (QED) is 0.841. The molecule has 1 aliphatic rings. The maximum atomic E-state index is 9.88. The molecule has 1 saturated heterocycles. The molecule has 2 rings (SSSR count). The monoisotopic (exact) mass is 357 g/mol. The van der Waals surface area contributed by atoms with E-state index < -0.39 is 5.60 Å². The first-order valence-electron chi connectivity index (χ1n) is 6.42. The highest BCUT2D eigenvalue weighted by molar-refractivity contribution is 14.1. The molecule has 1 aromatic carbocycles. The molecule has 18 heavy (non-hydrogen) atoms. The molecule has 3 heteroatoms. The first-order valence-corrected chi connectivity index (χ1v) is 7.50. The first-order chi connectivity index (χ1) is 8.55. The Morgan fingerprint density at radius 3 is 2.50 bits per heavy atom. The normalized spacial score (nSPS) is 20.4. The molecule has 1 aliphatic heterocycles. The van der Waals surface area contributed by atoms with Gasteiger partial charge in [-0.1, -0.05) is 24.3 Å². The second-order valence-electron chi connectivity index (χ2n) is 5.25. The van der Waals surface area contributed by atoms with Gasteiger partial charge in [-0.3, -0.25) is 4.90 Å². The Labute approximate surface area is 123 Å². The van der Waals surface area contributed by atoms with Crippen LogP contribution in [0.25, 0.3) is 6.08 Å². The third-order valence-corrected chi connectivity index (χ3v) is 4.20. The smallest absolute Gasteiger partial charge is 0.0644 e. The van der Waals surface area contributed by atoms with E-state index in [0.717, 1.165) is 32.5 Å². The van der Waals surface area contributed by atoms with E-state index in [4.69, 9.17) is 0 Å². The maximum absolute atomic E-state index is 9.88. The molecule has 0 aliphatic carbocycles. The molecule has 0 radical (unpaired) electrons. The van der Waals surface area contributed by atoms with E-state index in [1.54, 1.807) is 0 Å². The van der Waals surface area contributed by atoms with Crippen molar-refractivity contribution in [2.24, 2.45) is 0 Å². The minimum Gasteiger partial charge on any atom is -0.390 e. The summed E-state index contributed by atoms with van der Waals surface area (Å²) in [6.07, 6.45) is 6.14. The predicted molar refractivity (Wildman–Crippen MR) is 84.5 cm³/mol. The van der Waals surface area contributed by atoms with Crippen molar-refractivity contribution < 1.29 is 5.11 Å². The van der Waals surface area contributed by atoms with Gasteiger partial charge < -0.3 is 5.11 Å². The van der Waals surface area contributed by atoms with Crippen molar-refractivity contribution in [3.63, 3.8) is 0 Å². The van der Waals surface area contributed by atoms with Gasteiger partial charge in [0, 0.05) is 23.2 Å². The molecule has 0 atom stereocenters. The third-order valence-electron chi connectivity index (χ3n) is 3.48. The van der Waals surface area contributed by atoms with Crippen molar-refractivity contribution in [3.8, 4) is 0 Å². The number of hydrogen-bond donors (Lipinski definition) is 1. The number of likely N-dealkylation sites (tertiary alicyclic amines) is 1. The standard InChI is InChI=1S/C15H20INO/c1-15(18)8-11-17(12-9-15)10-2-3-13-4-6-14(16)7-5-13/h2-7,18H,8-12H2,1H3. The molecule has 1 fully saturated rings. The van der Waals surface area contributed by atoms with Crippen LogP contribution in [0.2, 0.25) is 0 Å². The number of piperidine rings is 1. The number of halogens is 1. The summed E-state index contributed by atoms with van der Waals surface area (Å²) >= 11 is 2.32. The Kier molecular flexibility index (Phi) is 4.81. The summed E-state index contributed by atoms with van der Waals surface area (Å²) in [5.74, 6) is 0. The Morgan fingerprint density at radius 2 is 1.89 bits per heavy atom. The Bertz CT molecular complexity index is 401. The van der Waals surface area contributed by atoms with Gasteiger partial charge in [0.05, 0.1) is 5.60 Å². The van der Waals surface area contributed by atoms with E-state index in [0.29, 0.717) is 0 Å². The van der Waals surface area contributed by atoms with E-state index in [2.05, 4.69) is 63.9 Å². The maximum Gasteiger partial charge on any atom is 0.0644 e. The fourth-order valence-corrected chi connectivity index (χ4v) is 2.49. The van der Waals surface area contributed by atoms with Gasteiger partial charge in [0.2, 0.25) is 0 Å². The van der Waals surface area contributed by atoms with E-state index in [-0.39, 0.29) is 0 Å². The molecule has 2 nitrogen and oxygen atoms in total. The summed E-state index contributed by atoms with van der Waals surface area (Å²) < 4.78 is 1.27. The van der Waals surface area contributed by atoms with E-state index in [9.17, 15) is 5.11 Å². The van der Waals surface area contributed by atoms with Crippen LogP contribution < -0.4 is 0 Å². The van der Waals surface area contributed by atoms with Crippen molar-refractivity contribution in [2.75, 3.05) is 19.6 Å². The highest BCUT2D eigenvalue weighted by atomic mass is 127. The van der Waals surface area contributed by atoms with Gasteiger partial charge >= 0.3 is 0 Å². The number of benzene rings is 1. The molecule has 1 aromatic rings. The molecule has 98 valence electrons. The van der Waals surface area contributed by atoms with Crippen molar-refractivity contribution in [2.45, 2.75) is 25.4 Å². The van der Waals surface area contributed by atoms with Crippen molar-refractivity contribution in [1.29, 1.82) is 0 Å². The number of aliphatic hydroxyl groups is 1. The fraction of sp³-hybridized carbons (Fsp3) is 0.467. The Morgan fingerprint density at radius 1 is 1.28 bits per heavy atom. The van der Waals surface area contributed by atoms with Crippen LogP contribution in [0.3, 0.4) is 0 Å². The molecule has 0 bridgehead atoms. The molecule has 1 N–H and O–H groups in total. The minimum atomic E-state index is -0.448. The number of nitrogens with zero attached hydrogens (tertiary/aromatic N) is 1. The summed E-state index contributed by atoms with van der Waals surface area (Å²) in [5.41, 5.74) is 0.801. The Hall–Kier alpha value is -0.390.